The highest BCUT2D eigenvalue weighted by Crippen LogP contribution is 2.43. The summed E-state index contributed by atoms with van der Waals surface area (Å²) in [6.45, 7) is 2.81. The standard InChI is InChI=1S/C20H29N3O3/c1-13-17(14-6-4-3-5-7-14)21-22-18(13)19(25)23-11-10-20(26-2)9-8-15(24)12-16(20)23/h3-7,13,15-18,21-22,24H,8-12H2,1-2H3/t13?,15-,16-,17?,18?,20+/m0/s1. The first-order valence-corrected chi connectivity index (χ1v) is 9.65. The minimum absolute atomic E-state index is 0.0338. The quantitative estimate of drug-likeness (QED) is 0.760. The lowest BCUT2D eigenvalue weighted by Gasteiger charge is -2.43. The normalized spacial score (nSPS) is 39.8. The molecule has 0 spiro atoms. The second kappa shape index (κ2) is 6.93. The van der Waals surface area contributed by atoms with Crippen LogP contribution in [0.25, 0.3) is 0 Å². The molecular formula is C20H29N3O3. The summed E-state index contributed by atoms with van der Waals surface area (Å²) < 4.78 is 5.87. The van der Waals surface area contributed by atoms with E-state index in [0.717, 1.165) is 19.3 Å². The Kier molecular flexibility index (Phi) is 4.77. The number of nitrogens with one attached hydrogen (secondary N) is 2. The molecule has 26 heavy (non-hydrogen) atoms. The van der Waals surface area contributed by atoms with Crippen molar-refractivity contribution in [2.24, 2.45) is 5.92 Å². The fourth-order valence-electron chi connectivity index (χ4n) is 5.09. The topological polar surface area (TPSA) is 73.8 Å². The van der Waals surface area contributed by atoms with Crippen molar-refractivity contribution < 1.29 is 14.6 Å². The maximum absolute atomic E-state index is 13.3. The number of methoxy groups -OCH3 is 1. The highest BCUT2D eigenvalue weighted by Gasteiger charge is 2.54. The number of benzene rings is 1. The summed E-state index contributed by atoms with van der Waals surface area (Å²) in [6, 6.07) is 10.0. The van der Waals surface area contributed by atoms with Gasteiger partial charge in [-0.2, -0.15) is 0 Å². The summed E-state index contributed by atoms with van der Waals surface area (Å²) in [4.78, 5) is 15.3. The van der Waals surface area contributed by atoms with E-state index in [1.807, 2.05) is 23.1 Å². The van der Waals surface area contributed by atoms with Gasteiger partial charge in [0.1, 0.15) is 6.04 Å². The summed E-state index contributed by atoms with van der Waals surface area (Å²) in [5.41, 5.74) is 7.42. The number of nitrogens with zero attached hydrogens (tertiary/aromatic N) is 1. The number of aliphatic hydroxyl groups is 1. The number of hydrogen-bond acceptors (Lipinski definition) is 5. The molecule has 2 saturated heterocycles. The van der Waals surface area contributed by atoms with Crippen LogP contribution in [-0.4, -0.2) is 53.4 Å². The first-order chi connectivity index (χ1) is 12.6. The van der Waals surface area contributed by atoms with Gasteiger partial charge in [0.15, 0.2) is 0 Å². The summed E-state index contributed by atoms with van der Waals surface area (Å²) in [5.74, 6) is 0.248. The molecule has 1 saturated carbocycles. The number of amides is 1. The lowest BCUT2D eigenvalue weighted by atomic mass is 9.79. The molecule has 1 aliphatic carbocycles. The number of carbonyl (C=O) groups is 1. The van der Waals surface area contributed by atoms with Crippen LogP contribution in [0, 0.1) is 5.92 Å². The highest BCUT2D eigenvalue weighted by atomic mass is 16.5. The predicted octanol–water partition coefficient (Wildman–Crippen LogP) is 1.37. The number of hydrazine groups is 1. The smallest absolute Gasteiger partial charge is 0.241 e. The molecule has 6 heteroatoms. The van der Waals surface area contributed by atoms with E-state index in [-0.39, 0.29) is 41.7 Å². The predicted molar refractivity (Wildman–Crippen MR) is 98.1 cm³/mol. The molecule has 6 atom stereocenters. The van der Waals surface area contributed by atoms with E-state index in [9.17, 15) is 9.90 Å². The Morgan fingerprint density at radius 3 is 2.77 bits per heavy atom. The molecule has 1 aromatic carbocycles. The molecule has 1 amide bonds. The molecule has 0 bridgehead atoms. The van der Waals surface area contributed by atoms with Gasteiger partial charge in [0, 0.05) is 19.6 Å². The number of ether oxygens (including phenoxy) is 1. The van der Waals surface area contributed by atoms with E-state index >= 15 is 0 Å². The van der Waals surface area contributed by atoms with Gasteiger partial charge in [0.2, 0.25) is 5.91 Å². The number of likely N-dealkylation sites (tertiary alicyclic amines) is 1. The monoisotopic (exact) mass is 359 g/mol. The number of fused-ring (bicyclic) bond motifs is 1. The second-order valence-electron chi connectivity index (χ2n) is 8.01. The number of aliphatic hydroxyl groups excluding tert-OH is 1. The lowest BCUT2D eigenvalue weighted by Crippen LogP contribution is -2.56. The third-order valence-electron chi connectivity index (χ3n) is 6.72. The van der Waals surface area contributed by atoms with Gasteiger partial charge in [0.25, 0.3) is 0 Å². The van der Waals surface area contributed by atoms with Crippen LogP contribution >= 0.6 is 0 Å². The third-order valence-corrected chi connectivity index (χ3v) is 6.72. The number of rotatable bonds is 3. The van der Waals surface area contributed by atoms with Gasteiger partial charge in [-0.05, 0) is 31.2 Å². The fraction of sp³-hybridized carbons (Fsp3) is 0.650. The molecule has 3 unspecified atom stereocenters. The van der Waals surface area contributed by atoms with Crippen molar-refractivity contribution in [1.29, 1.82) is 0 Å². The van der Waals surface area contributed by atoms with E-state index in [1.165, 1.54) is 5.56 Å². The molecule has 0 aromatic heterocycles. The Hall–Kier alpha value is -1.47. The summed E-state index contributed by atoms with van der Waals surface area (Å²) in [7, 11) is 1.74. The Labute approximate surface area is 154 Å². The minimum atomic E-state index is -0.346. The van der Waals surface area contributed by atoms with Gasteiger partial charge < -0.3 is 14.7 Å². The fourth-order valence-corrected chi connectivity index (χ4v) is 5.09. The van der Waals surface area contributed by atoms with Crippen LogP contribution in [0.15, 0.2) is 30.3 Å². The average Bonchev–Trinajstić information content (AvgIpc) is 3.23. The van der Waals surface area contributed by atoms with Crippen molar-refractivity contribution >= 4 is 5.91 Å². The van der Waals surface area contributed by atoms with Crippen LogP contribution in [0.3, 0.4) is 0 Å². The lowest BCUT2D eigenvalue weighted by molar-refractivity contribution is -0.142. The van der Waals surface area contributed by atoms with Crippen molar-refractivity contribution in [3.63, 3.8) is 0 Å². The second-order valence-corrected chi connectivity index (χ2v) is 8.01. The Balaban J connectivity index is 1.51. The van der Waals surface area contributed by atoms with Gasteiger partial charge in [-0.15, -0.1) is 0 Å². The molecule has 6 nitrogen and oxygen atoms in total. The van der Waals surface area contributed by atoms with Crippen LogP contribution in [0.2, 0.25) is 0 Å². The Morgan fingerprint density at radius 2 is 2.04 bits per heavy atom. The van der Waals surface area contributed by atoms with Gasteiger partial charge in [-0.3, -0.25) is 4.79 Å². The number of hydrogen-bond donors (Lipinski definition) is 3. The van der Waals surface area contributed by atoms with Crippen LogP contribution in [0.4, 0.5) is 0 Å². The zero-order chi connectivity index (χ0) is 18.3. The first kappa shape index (κ1) is 17.9. The van der Waals surface area contributed by atoms with Crippen molar-refractivity contribution in [1.82, 2.24) is 15.8 Å². The van der Waals surface area contributed by atoms with E-state index < -0.39 is 0 Å². The molecule has 2 aliphatic heterocycles. The van der Waals surface area contributed by atoms with Crippen LogP contribution in [0.5, 0.6) is 0 Å². The molecular weight excluding hydrogens is 330 g/mol. The summed E-state index contributed by atoms with van der Waals surface area (Å²) >= 11 is 0. The van der Waals surface area contributed by atoms with Gasteiger partial charge in [0.05, 0.1) is 23.8 Å². The molecule has 3 fully saturated rings. The minimum Gasteiger partial charge on any atom is -0.393 e. The molecule has 3 aliphatic rings. The van der Waals surface area contributed by atoms with Crippen LogP contribution in [0.1, 0.15) is 44.2 Å². The van der Waals surface area contributed by atoms with Crippen molar-refractivity contribution in [3.05, 3.63) is 35.9 Å². The summed E-state index contributed by atoms with van der Waals surface area (Å²) in [5, 5.41) is 10.2. The molecule has 1 aromatic rings. The maximum atomic E-state index is 13.3. The van der Waals surface area contributed by atoms with Crippen molar-refractivity contribution in [2.75, 3.05) is 13.7 Å². The highest BCUT2D eigenvalue weighted by molar-refractivity contribution is 5.83. The van der Waals surface area contributed by atoms with Gasteiger partial charge in [-0.25, -0.2) is 10.9 Å². The maximum Gasteiger partial charge on any atom is 0.241 e. The molecule has 0 radical (unpaired) electrons. The Bertz CT molecular complexity index is 655. The Morgan fingerprint density at radius 1 is 1.27 bits per heavy atom. The van der Waals surface area contributed by atoms with E-state index in [1.54, 1.807) is 7.11 Å². The van der Waals surface area contributed by atoms with Crippen LogP contribution < -0.4 is 10.9 Å². The first-order valence-electron chi connectivity index (χ1n) is 9.65. The average molecular weight is 359 g/mol. The molecule has 3 N–H and O–H groups in total. The SMILES string of the molecule is CO[C@@]12CC[C@H](O)C[C@@H]1N(C(=O)C1NNC(c3ccccc3)C1C)CC2. The summed E-state index contributed by atoms with van der Waals surface area (Å²) in [6.07, 6.45) is 2.68. The van der Waals surface area contributed by atoms with Crippen LogP contribution in [-0.2, 0) is 9.53 Å². The number of carbonyl (C=O) groups excluding carboxylic acids is 1. The third kappa shape index (κ3) is 2.85. The zero-order valence-electron chi connectivity index (χ0n) is 15.5. The van der Waals surface area contributed by atoms with E-state index in [4.69, 9.17) is 4.74 Å². The van der Waals surface area contributed by atoms with Crippen molar-refractivity contribution in [3.8, 4) is 0 Å². The molecule has 2 heterocycles. The van der Waals surface area contributed by atoms with Crippen molar-refractivity contribution in [2.45, 2.75) is 62.4 Å². The largest absolute Gasteiger partial charge is 0.393 e. The zero-order valence-corrected chi connectivity index (χ0v) is 15.5. The molecule has 142 valence electrons. The van der Waals surface area contributed by atoms with Gasteiger partial charge in [-0.1, -0.05) is 37.3 Å². The van der Waals surface area contributed by atoms with E-state index in [0.29, 0.717) is 13.0 Å². The van der Waals surface area contributed by atoms with E-state index in [2.05, 4.69) is 29.9 Å². The molecule has 4 rings (SSSR count). The van der Waals surface area contributed by atoms with Gasteiger partial charge >= 0.3 is 0 Å².